The Kier molecular flexibility index (Phi) is 3.11. The lowest BCUT2D eigenvalue weighted by Crippen LogP contribution is -2.37. The fourth-order valence-electron chi connectivity index (χ4n) is 3.34. The third-order valence-electron chi connectivity index (χ3n) is 4.29. The molecule has 1 N–H and O–H groups in total. The van der Waals surface area contributed by atoms with E-state index in [0.29, 0.717) is 0 Å². The van der Waals surface area contributed by atoms with Crippen molar-refractivity contribution in [3.05, 3.63) is 35.9 Å². The number of likely N-dealkylation sites (tertiary alicyclic amines) is 1. The molecule has 1 aliphatic carbocycles. The standard InChI is InChI=1S/C15H17NO3/c17-9-13(10-5-2-1-3-6-10)16-14(18)11-7-4-8-12(11)15(16)19/h1-3,5-6,11-13,17H,4,7-9H2/t11?,12?,13-/m0/s1. The van der Waals surface area contributed by atoms with Crippen LogP contribution in [0.4, 0.5) is 0 Å². The van der Waals surface area contributed by atoms with Gasteiger partial charge in [0.2, 0.25) is 11.8 Å². The summed E-state index contributed by atoms with van der Waals surface area (Å²) in [5.74, 6) is -0.499. The van der Waals surface area contributed by atoms with E-state index in [2.05, 4.69) is 0 Å². The maximum Gasteiger partial charge on any atom is 0.233 e. The van der Waals surface area contributed by atoms with Crippen molar-refractivity contribution in [2.45, 2.75) is 25.3 Å². The largest absolute Gasteiger partial charge is 0.394 e. The van der Waals surface area contributed by atoms with Gasteiger partial charge in [-0.15, -0.1) is 0 Å². The SMILES string of the molecule is O=C1C2CCCC2C(=O)N1[C@@H](CO)c1ccccc1. The highest BCUT2D eigenvalue weighted by Gasteiger charge is 2.51. The van der Waals surface area contributed by atoms with Gasteiger partial charge in [-0.1, -0.05) is 36.8 Å². The average Bonchev–Trinajstić information content (AvgIpc) is 3.00. The third-order valence-corrected chi connectivity index (χ3v) is 4.29. The lowest BCUT2D eigenvalue weighted by Gasteiger charge is -2.26. The van der Waals surface area contributed by atoms with Crippen LogP contribution in [0.3, 0.4) is 0 Å². The predicted molar refractivity (Wildman–Crippen MR) is 69.0 cm³/mol. The molecule has 0 radical (unpaired) electrons. The molecule has 3 atom stereocenters. The maximum absolute atomic E-state index is 12.4. The van der Waals surface area contributed by atoms with Gasteiger partial charge in [0.05, 0.1) is 24.5 Å². The average molecular weight is 259 g/mol. The number of aliphatic hydroxyl groups is 1. The lowest BCUT2D eigenvalue weighted by atomic mass is 10.00. The van der Waals surface area contributed by atoms with Gasteiger partial charge in [-0.25, -0.2) is 0 Å². The number of amides is 2. The van der Waals surface area contributed by atoms with Crippen LogP contribution < -0.4 is 0 Å². The number of hydrogen-bond donors (Lipinski definition) is 1. The highest BCUT2D eigenvalue weighted by Crippen LogP contribution is 2.42. The molecule has 100 valence electrons. The van der Waals surface area contributed by atoms with E-state index >= 15 is 0 Å². The van der Waals surface area contributed by atoms with Crippen molar-refractivity contribution in [3.63, 3.8) is 0 Å². The van der Waals surface area contributed by atoms with Crippen LogP contribution in [0.1, 0.15) is 30.9 Å². The highest BCUT2D eigenvalue weighted by atomic mass is 16.3. The maximum atomic E-state index is 12.4. The third kappa shape index (κ3) is 1.87. The van der Waals surface area contributed by atoms with Crippen LogP contribution in [0, 0.1) is 11.8 Å². The molecule has 1 saturated heterocycles. The number of nitrogens with zero attached hydrogens (tertiary/aromatic N) is 1. The summed E-state index contributed by atoms with van der Waals surface area (Å²) in [5, 5.41) is 9.59. The molecule has 1 saturated carbocycles. The minimum Gasteiger partial charge on any atom is -0.394 e. The summed E-state index contributed by atoms with van der Waals surface area (Å²) >= 11 is 0. The van der Waals surface area contributed by atoms with Gasteiger partial charge in [0, 0.05) is 0 Å². The Bertz CT molecular complexity index is 477. The monoisotopic (exact) mass is 259 g/mol. The first-order chi connectivity index (χ1) is 9.24. The Morgan fingerprint density at radius 3 is 2.21 bits per heavy atom. The lowest BCUT2D eigenvalue weighted by molar-refractivity contribution is -0.144. The molecule has 2 aliphatic rings. The summed E-state index contributed by atoms with van der Waals surface area (Å²) in [4.78, 5) is 26.0. The first kappa shape index (κ1) is 12.4. The van der Waals surface area contributed by atoms with Crippen molar-refractivity contribution in [2.24, 2.45) is 11.8 Å². The van der Waals surface area contributed by atoms with Gasteiger partial charge in [0.25, 0.3) is 0 Å². The zero-order valence-electron chi connectivity index (χ0n) is 10.7. The first-order valence-corrected chi connectivity index (χ1v) is 6.76. The van der Waals surface area contributed by atoms with Crippen LogP contribution in [-0.2, 0) is 9.59 Å². The molecule has 0 spiro atoms. The van der Waals surface area contributed by atoms with E-state index < -0.39 is 6.04 Å². The van der Waals surface area contributed by atoms with Crippen molar-refractivity contribution < 1.29 is 14.7 Å². The molecule has 3 rings (SSSR count). The first-order valence-electron chi connectivity index (χ1n) is 6.76. The summed E-state index contributed by atoms with van der Waals surface area (Å²) in [6.07, 6.45) is 2.56. The van der Waals surface area contributed by atoms with Crippen LogP contribution in [-0.4, -0.2) is 28.4 Å². The molecule has 4 heteroatoms. The fraction of sp³-hybridized carbons (Fsp3) is 0.467. The van der Waals surface area contributed by atoms with Crippen molar-refractivity contribution >= 4 is 11.8 Å². The topological polar surface area (TPSA) is 57.6 Å². The summed E-state index contributed by atoms with van der Waals surface area (Å²) in [6.45, 7) is -0.221. The summed E-state index contributed by atoms with van der Waals surface area (Å²) in [6, 6.07) is 8.73. The zero-order chi connectivity index (χ0) is 13.4. The van der Waals surface area contributed by atoms with Crippen LogP contribution in [0.25, 0.3) is 0 Å². The molecular formula is C15H17NO3. The molecule has 1 heterocycles. The van der Waals surface area contributed by atoms with Crippen LogP contribution in [0.15, 0.2) is 30.3 Å². The molecular weight excluding hydrogens is 242 g/mol. The normalized spacial score (nSPS) is 27.7. The number of imide groups is 1. The number of fused-ring (bicyclic) bond motifs is 1. The molecule has 2 unspecified atom stereocenters. The van der Waals surface area contributed by atoms with Crippen LogP contribution >= 0.6 is 0 Å². The van der Waals surface area contributed by atoms with Gasteiger partial charge >= 0.3 is 0 Å². The van der Waals surface area contributed by atoms with Gasteiger partial charge in [-0.2, -0.15) is 0 Å². The Labute approximate surface area is 112 Å². The highest BCUT2D eigenvalue weighted by molar-refractivity contribution is 6.05. The molecule has 4 nitrogen and oxygen atoms in total. The smallest absolute Gasteiger partial charge is 0.233 e. The number of rotatable bonds is 3. The second-order valence-corrected chi connectivity index (χ2v) is 5.30. The van der Waals surface area contributed by atoms with Gasteiger partial charge in [0.1, 0.15) is 0 Å². The number of hydrogen-bond acceptors (Lipinski definition) is 3. The van der Waals surface area contributed by atoms with Gasteiger partial charge in [-0.05, 0) is 18.4 Å². The molecule has 2 amide bonds. The zero-order valence-corrected chi connectivity index (χ0v) is 10.7. The van der Waals surface area contributed by atoms with Crippen molar-refractivity contribution in [1.29, 1.82) is 0 Å². The summed E-state index contributed by atoms with van der Waals surface area (Å²) < 4.78 is 0. The molecule has 19 heavy (non-hydrogen) atoms. The van der Waals surface area contributed by atoms with E-state index in [0.717, 1.165) is 24.8 Å². The molecule has 2 fully saturated rings. The number of carbonyl (C=O) groups is 2. The van der Waals surface area contributed by atoms with E-state index in [4.69, 9.17) is 0 Å². The van der Waals surface area contributed by atoms with Crippen molar-refractivity contribution in [3.8, 4) is 0 Å². The van der Waals surface area contributed by atoms with Crippen molar-refractivity contribution in [1.82, 2.24) is 4.90 Å². The van der Waals surface area contributed by atoms with Gasteiger partial charge in [-0.3, -0.25) is 14.5 Å². The molecule has 1 aliphatic heterocycles. The number of aliphatic hydroxyl groups excluding tert-OH is 1. The molecule has 1 aromatic rings. The minimum atomic E-state index is -0.535. The van der Waals surface area contributed by atoms with E-state index in [9.17, 15) is 14.7 Å². The molecule has 1 aromatic carbocycles. The minimum absolute atomic E-state index is 0.101. The van der Waals surface area contributed by atoms with Crippen molar-refractivity contribution in [2.75, 3.05) is 6.61 Å². The number of carbonyl (C=O) groups excluding carboxylic acids is 2. The second-order valence-electron chi connectivity index (χ2n) is 5.30. The summed E-state index contributed by atoms with van der Waals surface area (Å²) in [7, 11) is 0. The quantitative estimate of drug-likeness (QED) is 0.837. The Hall–Kier alpha value is -1.68. The Morgan fingerprint density at radius 2 is 1.68 bits per heavy atom. The van der Waals surface area contributed by atoms with Gasteiger partial charge in [0.15, 0.2) is 0 Å². The van der Waals surface area contributed by atoms with E-state index in [1.807, 2.05) is 30.3 Å². The second kappa shape index (κ2) is 4.78. The molecule has 0 aromatic heterocycles. The predicted octanol–water partition coefficient (Wildman–Crippen LogP) is 1.51. The van der Waals surface area contributed by atoms with Gasteiger partial charge < -0.3 is 5.11 Å². The van der Waals surface area contributed by atoms with E-state index in [1.165, 1.54) is 4.90 Å². The van der Waals surface area contributed by atoms with E-state index in [-0.39, 0.29) is 30.3 Å². The van der Waals surface area contributed by atoms with Crippen LogP contribution in [0.5, 0.6) is 0 Å². The Balaban J connectivity index is 1.92. The number of benzene rings is 1. The van der Waals surface area contributed by atoms with Crippen LogP contribution in [0.2, 0.25) is 0 Å². The van der Waals surface area contributed by atoms with E-state index in [1.54, 1.807) is 0 Å². The molecule has 0 bridgehead atoms. The Morgan fingerprint density at radius 1 is 1.11 bits per heavy atom. The summed E-state index contributed by atoms with van der Waals surface area (Å²) in [5.41, 5.74) is 0.812. The fourth-order valence-corrected chi connectivity index (χ4v) is 3.34.